The zero-order valence-electron chi connectivity index (χ0n) is 13.4. The third kappa shape index (κ3) is 4.06. The van der Waals surface area contributed by atoms with E-state index in [0.29, 0.717) is 0 Å². The smallest absolute Gasteiger partial charge is 0.335 e. The minimum Gasteiger partial charge on any atom is -0.452 e. The standard InChI is InChI=1S/C16H26N2O3/c1-11(2)14(15-17-9-10-18(15)4)21-16(19)12(3)20-13-7-5-6-8-13/h9-14H,5-8H2,1-4H3/t12-,14-/m1/s1. The highest BCUT2D eigenvalue weighted by atomic mass is 16.6. The van der Waals surface area contributed by atoms with E-state index in [0.717, 1.165) is 18.7 Å². The van der Waals surface area contributed by atoms with E-state index in [4.69, 9.17) is 9.47 Å². The molecule has 1 fully saturated rings. The van der Waals surface area contributed by atoms with Crippen molar-refractivity contribution in [1.82, 2.24) is 9.55 Å². The molecule has 1 saturated carbocycles. The monoisotopic (exact) mass is 294 g/mol. The Labute approximate surface area is 126 Å². The summed E-state index contributed by atoms with van der Waals surface area (Å²) in [4.78, 5) is 16.6. The molecular formula is C16H26N2O3. The number of imidazole rings is 1. The van der Waals surface area contributed by atoms with Crippen LogP contribution in [0, 0.1) is 5.92 Å². The van der Waals surface area contributed by atoms with E-state index < -0.39 is 6.10 Å². The predicted octanol–water partition coefficient (Wildman–Crippen LogP) is 3.01. The Morgan fingerprint density at radius 1 is 1.33 bits per heavy atom. The number of ether oxygens (including phenoxy) is 2. The topological polar surface area (TPSA) is 53.4 Å². The van der Waals surface area contributed by atoms with Crippen LogP contribution < -0.4 is 0 Å². The van der Waals surface area contributed by atoms with E-state index in [2.05, 4.69) is 4.98 Å². The number of rotatable bonds is 6. The van der Waals surface area contributed by atoms with Gasteiger partial charge in [-0.25, -0.2) is 9.78 Å². The summed E-state index contributed by atoms with van der Waals surface area (Å²) in [5.74, 6) is 0.628. The number of hydrogen-bond donors (Lipinski definition) is 0. The summed E-state index contributed by atoms with van der Waals surface area (Å²) < 4.78 is 13.4. The lowest BCUT2D eigenvalue weighted by molar-refractivity contribution is -0.168. The molecule has 1 aromatic rings. The van der Waals surface area contributed by atoms with Crippen molar-refractivity contribution in [2.75, 3.05) is 0 Å². The second kappa shape index (κ2) is 7.07. The Kier molecular flexibility index (Phi) is 5.39. The molecule has 0 radical (unpaired) electrons. The van der Waals surface area contributed by atoms with Crippen LogP contribution in [0.2, 0.25) is 0 Å². The minimum atomic E-state index is -0.519. The average molecular weight is 294 g/mol. The van der Waals surface area contributed by atoms with Crippen LogP contribution in [0.25, 0.3) is 0 Å². The van der Waals surface area contributed by atoms with E-state index >= 15 is 0 Å². The van der Waals surface area contributed by atoms with Crippen molar-refractivity contribution in [3.63, 3.8) is 0 Å². The third-order valence-electron chi connectivity index (χ3n) is 3.99. The van der Waals surface area contributed by atoms with Crippen LogP contribution in [-0.4, -0.2) is 27.7 Å². The van der Waals surface area contributed by atoms with Gasteiger partial charge in [0.2, 0.25) is 0 Å². The molecule has 0 saturated heterocycles. The summed E-state index contributed by atoms with van der Waals surface area (Å²) in [6.45, 7) is 5.82. The quantitative estimate of drug-likeness (QED) is 0.757. The van der Waals surface area contributed by atoms with Crippen LogP contribution in [0.1, 0.15) is 58.4 Å². The van der Waals surface area contributed by atoms with Crippen LogP contribution in [0.4, 0.5) is 0 Å². The Morgan fingerprint density at radius 2 is 2.00 bits per heavy atom. The van der Waals surface area contributed by atoms with Crippen molar-refractivity contribution in [1.29, 1.82) is 0 Å². The Morgan fingerprint density at radius 3 is 2.52 bits per heavy atom. The molecule has 118 valence electrons. The van der Waals surface area contributed by atoms with E-state index in [1.165, 1.54) is 12.8 Å². The van der Waals surface area contributed by atoms with Crippen LogP contribution in [0.3, 0.4) is 0 Å². The summed E-state index contributed by atoms with van der Waals surface area (Å²) in [7, 11) is 1.91. The van der Waals surface area contributed by atoms with Gasteiger partial charge in [-0.2, -0.15) is 0 Å². The Hall–Kier alpha value is -1.36. The Bertz CT molecular complexity index is 464. The van der Waals surface area contributed by atoms with E-state index in [1.807, 2.05) is 31.7 Å². The largest absolute Gasteiger partial charge is 0.452 e. The lowest BCUT2D eigenvalue weighted by atomic mass is 10.1. The lowest BCUT2D eigenvalue weighted by Gasteiger charge is -2.24. The van der Waals surface area contributed by atoms with Gasteiger partial charge >= 0.3 is 5.97 Å². The molecule has 21 heavy (non-hydrogen) atoms. The molecule has 0 N–H and O–H groups in total. The first kappa shape index (κ1) is 16.0. The molecule has 1 aliphatic carbocycles. The molecule has 0 unspecified atom stereocenters. The van der Waals surface area contributed by atoms with Gasteiger partial charge in [0.15, 0.2) is 12.2 Å². The first-order valence-electron chi connectivity index (χ1n) is 7.82. The van der Waals surface area contributed by atoms with Crippen molar-refractivity contribution >= 4 is 5.97 Å². The van der Waals surface area contributed by atoms with Gasteiger partial charge in [0.1, 0.15) is 5.82 Å². The first-order valence-corrected chi connectivity index (χ1v) is 7.82. The van der Waals surface area contributed by atoms with Gasteiger partial charge < -0.3 is 14.0 Å². The number of carbonyl (C=O) groups is 1. The predicted molar refractivity (Wildman–Crippen MR) is 79.7 cm³/mol. The van der Waals surface area contributed by atoms with Gasteiger partial charge in [-0.15, -0.1) is 0 Å². The molecule has 0 amide bonds. The molecule has 2 atom stereocenters. The molecule has 1 heterocycles. The maximum absolute atomic E-state index is 12.3. The van der Waals surface area contributed by atoms with Crippen LogP contribution in [-0.2, 0) is 21.3 Å². The number of aryl methyl sites for hydroxylation is 1. The SMILES string of the molecule is CC(C)[C@@H](OC(=O)[C@@H](C)OC1CCCC1)c1nccn1C. The summed E-state index contributed by atoms with van der Waals surface area (Å²) in [6.07, 6.45) is 7.39. The number of nitrogens with zero attached hydrogens (tertiary/aromatic N) is 2. The highest BCUT2D eigenvalue weighted by Crippen LogP contribution is 2.26. The van der Waals surface area contributed by atoms with Gasteiger partial charge in [0.25, 0.3) is 0 Å². The van der Waals surface area contributed by atoms with Crippen LogP contribution in [0.5, 0.6) is 0 Å². The van der Waals surface area contributed by atoms with Gasteiger partial charge in [0.05, 0.1) is 6.10 Å². The molecule has 2 rings (SSSR count). The summed E-state index contributed by atoms with van der Waals surface area (Å²) in [5, 5.41) is 0. The number of aromatic nitrogens is 2. The molecule has 0 aliphatic heterocycles. The molecule has 0 aromatic carbocycles. The van der Waals surface area contributed by atoms with Crippen molar-refractivity contribution in [3.05, 3.63) is 18.2 Å². The fraction of sp³-hybridized carbons (Fsp3) is 0.750. The van der Waals surface area contributed by atoms with E-state index in [1.54, 1.807) is 13.1 Å². The van der Waals surface area contributed by atoms with Crippen molar-refractivity contribution in [2.24, 2.45) is 13.0 Å². The van der Waals surface area contributed by atoms with Gasteiger partial charge in [0, 0.05) is 19.4 Å². The fourth-order valence-electron chi connectivity index (χ4n) is 2.73. The molecule has 1 aliphatic rings. The van der Waals surface area contributed by atoms with Crippen LogP contribution in [0.15, 0.2) is 12.4 Å². The van der Waals surface area contributed by atoms with Gasteiger partial charge in [-0.3, -0.25) is 0 Å². The second-order valence-electron chi connectivity index (χ2n) is 6.18. The van der Waals surface area contributed by atoms with Gasteiger partial charge in [-0.05, 0) is 25.7 Å². The summed E-state index contributed by atoms with van der Waals surface area (Å²) in [5.41, 5.74) is 0. The van der Waals surface area contributed by atoms with E-state index in [-0.39, 0.29) is 24.1 Å². The lowest BCUT2D eigenvalue weighted by Crippen LogP contribution is -2.30. The molecule has 0 spiro atoms. The van der Waals surface area contributed by atoms with Crippen molar-refractivity contribution in [3.8, 4) is 0 Å². The minimum absolute atomic E-state index is 0.161. The zero-order valence-corrected chi connectivity index (χ0v) is 13.4. The first-order chi connectivity index (χ1) is 9.99. The highest BCUT2D eigenvalue weighted by Gasteiger charge is 2.29. The Balaban J connectivity index is 1.96. The molecule has 1 aromatic heterocycles. The average Bonchev–Trinajstić information content (AvgIpc) is 3.07. The normalized spacial score (nSPS) is 18.9. The maximum atomic E-state index is 12.3. The molecule has 0 bridgehead atoms. The molecule has 5 heteroatoms. The van der Waals surface area contributed by atoms with Gasteiger partial charge in [-0.1, -0.05) is 26.7 Å². The number of carbonyl (C=O) groups excluding carboxylic acids is 1. The molecule has 5 nitrogen and oxygen atoms in total. The fourth-order valence-corrected chi connectivity index (χ4v) is 2.73. The van der Waals surface area contributed by atoms with Crippen molar-refractivity contribution < 1.29 is 14.3 Å². The summed E-state index contributed by atoms with van der Waals surface area (Å²) in [6, 6.07) is 0. The summed E-state index contributed by atoms with van der Waals surface area (Å²) >= 11 is 0. The maximum Gasteiger partial charge on any atom is 0.335 e. The van der Waals surface area contributed by atoms with E-state index in [9.17, 15) is 4.79 Å². The molecular weight excluding hydrogens is 268 g/mol. The zero-order chi connectivity index (χ0) is 15.4. The second-order valence-corrected chi connectivity index (χ2v) is 6.18. The van der Waals surface area contributed by atoms with Crippen molar-refractivity contribution in [2.45, 2.75) is 64.8 Å². The van der Waals surface area contributed by atoms with Crippen LogP contribution >= 0.6 is 0 Å². The number of esters is 1. The third-order valence-corrected chi connectivity index (χ3v) is 3.99. The highest BCUT2D eigenvalue weighted by molar-refractivity contribution is 5.74. The number of hydrogen-bond acceptors (Lipinski definition) is 4.